The molecule has 4 rings (SSSR count). The lowest BCUT2D eigenvalue weighted by Crippen LogP contribution is -2.44. The minimum absolute atomic E-state index is 0.0351. The monoisotopic (exact) mass is 419 g/mol. The number of nitrogens with zero attached hydrogens (tertiary/aromatic N) is 2. The van der Waals surface area contributed by atoms with Gasteiger partial charge < -0.3 is 10.2 Å². The molecule has 2 aliphatic heterocycles. The Bertz CT molecular complexity index is 1040. The maximum Gasteiger partial charge on any atom is 0.325 e. The molecule has 2 saturated heterocycles. The Morgan fingerprint density at radius 2 is 1.84 bits per heavy atom. The normalized spacial score (nSPS) is 21.0. The standard InChI is InChI=1S/C24H25N3O4/c1-24(13-12-17-7-3-2-4-8-17)22(30)27(23(31)25-24)16-20(28)18-9-5-10-19(15-18)26-14-6-11-21(26)29/h2-5,7-10,15H,6,11-14,16H2,1H3,(H,25,31)/t24-/m0/s1. The summed E-state index contributed by atoms with van der Waals surface area (Å²) in [6.45, 7) is 1.99. The van der Waals surface area contributed by atoms with E-state index < -0.39 is 17.5 Å². The van der Waals surface area contributed by atoms with Gasteiger partial charge in [0.05, 0.1) is 6.54 Å². The number of aryl methyl sites for hydroxylation is 1. The molecular weight excluding hydrogens is 394 g/mol. The molecule has 7 nitrogen and oxygen atoms in total. The zero-order valence-electron chi connectivity index (χ0n) is 17.5. The molecule has 2 aromatic rings. The largest absolute Gasteiger partial charge is 0.325 e. The number of anilines is 1. The van der Waals surface area contributed by atoms with E-state index in [0.717, 1.165) is 16.9 Å². The SMILES string of the molecule is C[C@@]1(CCc2ccccc2)NC(=O)N(CC(=O)c2cccc(N3CCCC3=O)c2)C1=O. The number of carbonyl (C=O) groups is 4. The van der Waals surface area contributed by atoms with Crippen molar-refractivity contribution < 1.29 is 19.2 Å². The second kappa shape index (κ2) is 8.34. The number of imide groups is 1. The Balaban J connectivity index is 1.44. The average molecular weight is 419 g/mol. The van der Waals surface area contributed by atoms with Crippen molar-refractivity contribution in [3.63, 3.8) is 0 Å². The van der Waals surface area contributed by atoms with Gasteiger partial charge in [0, 0.05) is 24.2 Å². The topological polar surface area (TPSA) is 86.8 Å². The summed E-state index contributed by atoms with van der Waals surface area (Å²) >= 11 is 0. The van der Waals surface area contributed by atoms with Crippen LogP contribution in [-0.4, -0.2) is 47.2 Å². The number of urea groups is 1. The van der Waals surface area contributed by atoms with E-state index in [1.54, 1.807) is 36.1 Å². The zero-order valence-corrected chi connectivity index (χ0v) is 17.5. The van der Waals surface area contributed by atoms with Crippen molar-refractivity contribution >= 4 is 29.3 Å². The highest BCUT2D eigenvalue weighted by Gasteiger charge is 2.47. The fraction of sp³-hybridized carbons (Fsp3) is 0.333. The molecule has 2 heterocycles. The van der Waals surface area contributed by atoms with Crippen LogP contribution in [0.15, 0.2) is 54.6 Å². The molecule has 0 bridgehead atoms. The molecule has 2 aliphatic rings. The van der Waals surface area contributed by atoms with Crippen molar-refractivity contribution in [3.8, 4) is 0 Å². The molecule has 0 aliphatic carbocycles. The van der Waals surface area contributed by atoms with Crippen molar-refractivity contribution in [2.75, 3.05) is 18.0 Å². The van der Waals surface area contributed by atoms with Crippen LogP contribution in [-0.2, 0) is 16.0 Å². The van der Waals surface area contributed by atoms with E-state index in [9.17, 15) is 19.2 Å². The number of ketones is 1. The van der Waals surface area contributed by atoms with Gasteiger partial charge in [-0.25, -0.2) is 4.79 Å². The predicted molar refractivity (Wildman–Crippen MR) is 116 cm³/mol. The summed E-state index contributed by atoms with van der Waals surface area (Å²) in [5.41, 5.74) is 1.07. The summed E-state index contributed by atoms with van der Waals surface area (Å²) in [5.74, 6) is -0.704. The first-order chi connectivity index (χ1) is 14.9. The van der Waals surface area contributed by atoms with Gasteiger partial charge in [-0.15, -0.1) is 0 Å². The van der Waals surface area contributed by atoms with Gasteiger partial charge in [-0.2, -0.15) is 0 Å². The van der Waals surface area contributed by atoms with Gasteiger partial charge in [0.1, 0.15) is 5.54 Å². The Morgan fingerprint density at radius 3 is 2.55 bits per heavy atom. The quantitative estimate of drug-likeness (QED) is 0.552. The summed E-state index contributed by atoms with van der Waals surface area (Å²) in [5, 5.41) is 2.75. The number of hydrogen-bond acceptors (Lipinski definition) is 4. The van der Waals surface area contributed by atoms with Crippen LogP contribution in [0.2, 0.25) is 0 Å². The van der Waals surface area contributed by atoms with Gasteiger partial charge >= 0.3 is 6.03 Å². The second-order valence-electron chi connectivity index (χ2n) is 8.26. The maximum absolute atomic E-state index is 13.0. The molecule has 0 unspecified atom stereocenters. The van der Waals surface area contributed by atoms with E-state index in [-0.39, 0.29) is 18.2 Å². The molecule has 1 atom stereocenters. The first-order valence-corrected chi connectivity index (χ1v) is 10.5. The van der Waals surface area contributed by atoms with E-state index in [2.05, 4.69) is 5.32 Å². The van der Waals surface area contributed by atoms with E-state index in [0.29, 0.717) is 37.1 Å². The van der Waals surface area contributed by atoms with Gasteiger partial charge in [0.2, 0.25) is 5.91 Å². The lowest BCUT2D eigenvalue weighted by Gasteiger charge is -2.21. The summed E-state index contributed by atoms with van der Waals surface area (Å²) in [7, 11) is 0. The van der Waals surface area contributed by atoms with Crippen molar-refractivity contribution in [2.45, 2.75) is 38.1 Å². The molecule has 7 heteroatoms. The fourth-order valence-corrected chi connectivity index (χ4v) is 4.10. The van der Waals surface area contributed by atoms with Crippen molar-refractivity contribution in [2.24, 2.45) is 0 Å². The lowest BCUT2D eigenvalue weighted by atomic mass is 9.93. The predicted octanol–water partition coefficient (Wildman–Crippen LogP) is 2.94. The van der Waals surface area contributed by atoms with Crippen LogP contribution in [0.1, 0.15) is 42.1 Å². The van der Waals surface area contributed by atoms with Gasteiger partial charge in [0.25, 0.3) is 5.91 Å². The number of amides is 4. The average Bonchev–Trinajstić information content (AvgIpc) is 3.30. The fourth-order valence-electron chi connectivity index (χ4n) is 4.10. The van der Waals surface area contributed by atoms with Crippen LogP contribution >= 0.6 is 0 Å². The number of hydrogen-bond donors (Lipinski definition) is 1. The number of rotatable bonds is 7. The third-order valence-corrected chi connectivity index (χ3v) is 5.96. The van der Waals surface area contributed by atoms with Crippen molar-refractivity contribution in [3.05, 3.63) is 65.7 Å². The number of Topliss-reactive ketones (excluding diaryl/α,β-unsaturated/α-hetero) is 1. The van der Waals surface area contributed by atoms with E-state index in [1.165, 1.54) is 0 Å². The molecule has 2 aromatic carbocycles. The Labute approximate surface area is 181 Å². The third kappa shape index (κ3) is 4.21. The Hall–Kier alpha value is -3.48. The van der Waals surface area contributed by atoms with Crippen LogP contribution < -0.4 is 10.2 Å². The molecule has 0 saturated carbocycles. The molecule has 0 spiro atoms. The van der Waals surface area contributed by atoms with E-state index in [4.69, 9.17) is 0 Å². The van der Waals surface area contributed by atoms with E-state index in [1.807, 2.05) is 30.3 Å². The van der Waals surface area contributed by atoms with Crippen LogP contribution in [0.5, 0.6) is 0 Å². The number of benzene rings is 2. The van der Waals surface area contributed by atoms with Crippen molar-refractivity contribution in [1.82, 2.24) is 10.2 Å². The number of nitrogens with one attached hydrogen (secondary N) is 1. The molecule has 1 N–H and O–H groups in total. The minimum atomic E-state index is -1.04. The highest BCUT2D eigenvalue weighted by Crippen LogP contribution is 2.25. The van der Waals surface area contributed by atoms with Crippen LogP contribution in [0.4, 0.5) is 10.5 Å². The number of carbonyl (C=O) groups excluding carboxylic acids is 4. The molecular formula is C24H25N3O4. The third-order valence-electron chi connectivity index (χ3n) is 5.96. The van der Waals surface area contributed by atoms with Crippen molar-refractivity contribution in [1.29, 1.82) is 0 Å². The summed E-state index contributed by atoms with van der Waals surface area (Å²) in [4.78, 5) is 53.0. The van der Waals surface area contributed by atoms with Gasteiger partial charge in [-0.05, 0) is 43.9 Å². The summed E-state index contributed by atoms with van der Waals surface area (Å²) in [6, 6.07) is 16.0. The minimum Gasteiger partial charge on any atom is -0.323 e. The molecule has 31 heavy (non-hydrogen) atoms. The summed E-state index contributed by atoms with van der Waals surface area (Å²) < 4.78 is 0. The molecule has 0 aromatic heterocycles. The van der Waals surface area contributed by atoms with Gasteiger partial charge in [-0.1, -0.05) is 42.5 Å². The summed E-state index contributed by atoms with van der Waals surface area (Å²) in [6.07, 6.45) is 2.37. The maximum atomic E-state index is 13.0. The van der Waals surface area contributed by atoms with Crippen LogP contribution in [0.3, 0.4) is 0 Å². The first kappa shape index (κ1) is 20.8. The second-order valence-corrected chi connectivity index (χ2v) is 8.26. The van der Waals surface area contributed by atoms with Gasteiger partial charge in [0.15, 0.2) is 5.78 Å². The molecule has 4 amide bonds. The Morgan fingerprint density at radius 1 is 1.06 bits per heavy atom. The molecule has 0 radical (unpaired) electrons. The van der Waals surface area contributed by atoms with E-state index >= 15 is 0 Å². The van der Waals surface area contributed by atoms with Crippen LogP contribution in [0.25, 0.3) is 0 Å². The highest BCUT2D eigenvalue weighted by molar-refractivity contribution is 6.11. The highest BCUT2D eigenvalue weighted by atomic mass is 16.2. The molecule has 160 valence electrons. The zero-order chi connectivity index (χ0) is 22.0. The van der Waals surface area contributed by atoms with Gasteiger partial charge in [-0.3, -0.25) is 19.3 Å². The Kier molecular flexibility index (Phi) is 5.59. The lowest BCUT2D eigenvalue weighted by molar-refractivity contribution is -0.130. The van der Waals surface area contributed by atoms with Crippen LogP contribution in [0, 0.1) is 0 Å². The first-order valence-electron chi connectivity index (χ1n) is 10.5. The molecule has 2 fully saturated rings. The smallest absolute Gasteiger partial charge is 0.323 e.